The SMILES string of the molecule is CCC(C)C1NC(=O)C(C)N(c2cccc(SC)c2)C1=O. The summed E-state index contributed by atoms with van der Waals surface area (Å²) in [5, 5.41) is 2.86. The van der Waals surface area contributed by atoms with Gasteiger partial charge in [0.15, 0.2) is 0 Å². The second kappa shape index (κ2) is 6.52. The third kappa shape index (κ3) is 3.07. The Kier molecular flexibility index (Phi) is 4.93. The quantitative estimate of drug-likeness (QED) is 0.870. The van der Waals surface area contributed by atoms with Crippen LogP contribution < -0.4 is 10.2 Å². The van der Waals surface area contributed by atoms with Gasteiger partial charge in [0.05, 0.1) is 0 Å². The van der Waals surface area contributed by atoms with Crippen LogP contribution in [0, 0.1) is 5.92 Å². The highest BCUT2D eigenvalue weighted by Gasteiger charge is 2.40. The van der Waals surface area contributed by atoms with Gasteiger partial charge in [0, 0.05) is 10.6 Å². The molecular formula is C16H22N2O2S. The predicted octanol–water partition coefficient (Wildman–Crippen LogP) is 2.67. The Morgan fingerprint density at radius 3 is 2.71 bits per heavy atom. The van der Waals surface area contributed by atoms with Gasteiger partial charge in [-0.3, -0.25) is 14.5 Å². The van der Waals surface area contributed by atoms with Crippen LogP contribution in [-0.2, 0) is 9.59 Å². The number of hydrogen-bond acceptors (Lipinski definition) is 3. The Hall–Kier alpha value is -1.49. The minimum absolute atomic E-state index is 0.0188. The Morgan fingerprint density at radius 2 is 2.10 bits per heavy atom. The third-order valence-electron chi connectivity index (χ3n) is 4.11. The number of benzene rings is 1. The zero-order chi connectivity index (χ0) is 15.6. The van der Waals surface area contributed by atoms with Crippen LogP contribution in [0.1, 0.15) is 27.2 Å². The lowest BCUT2D eigenvalue weighted by molar-refractivity contribution is -0.134. The average molecular weight is 306 g/mol. The number of amides is 2. The van der Waals surface area contributed by atoms with Gasteiger partial charge in [-0.2, -0.15) is 0 Å². The van der Waals surface area contributed by atoms with Crippen LogP contribution >= 0.6 is 11.8 Å². The third-order valence-corrected chi connectivity index (χ3v) is 4.84. The van der Waals surface area contributed by atoms with Gasteiger partial charge in [-0.15, -0.1) is 11.8 Å². The molecule has 1 saturated heterocycles. The Labute approximate surface area is 130 Å². The summed E-state index contributed by atoms with van der Waals surface area (Å²) in [5.74, 6) is 0.0179. The van der Waals surface area contributed by atoms with Gasteiger partial charge in [0.2, 0.25) is 5.91 Å². The number of carbonyl (C=O) groups excluding carboxylic acids is 2. The summed E-state index contributed by atoms with van der Waals surface area (Å²) in [6.45, 7) is 5.79. The van der Waals surface area contributed by atoms with Gasteiger partial charge in [-0.1, -0.05) is 26.3 Å². The number of hydrogen-bond donors (Lipinski definition) is 1. The van der Waals surface area contributed by atoms with Crippen molar-refractivity contribution < 1.29 is 9.59 Å². The molecule has 4 nitrogen and oxygen atoms in total. The topological polar surface area (TPSA) is 49.4 Å². The zero-order valence-corrected chi connectivity index (χ0v) is 13.7. The van der Waals surface area contributed by atoms with Crippen molar-refractivity contribution in [2.24, 2.45) is 5.92 Å². The molecule has 1 N–H and O–H groups in total. The molecular weight excluding hydrogens is 284 g/mol. The highest BCUT2D eigenvalue weighted by atomic mass is 32.2. The maximum absolute atomic E-state index is 12.8. The first kappa shape index (κ1) is 15.9. The second-order valence-corrected chi connectivity index (χ2v) is 6.34. The number of thioether (sulfide) groups is 1. The maximum atomic E-state index is 12.8. The lowest BCUT2D eigenvalue weighted by Gasteiger charge is -2.39. The van der Waals surface area contributed by atoms with E-state index in [4.69, 9.17) is 0 Å². The molecule has 1 heterocycles. The van der Waals surface area contributed by atoms with Crippen molar-refractivity contribution in [2.45, 2.75) is 44.2 Å². The smallest absolute Gasteiger partial charge is 0.250 e. The highest BCUT2D eigenvalue weighted by Crippen LogP contribution is 2.27. The summed E-state index contributed by atoms with van der Waals surface area (Å²) >= 11 is 1.62. The fourth-order valence-corrected chi connectivity index (χ4v) is 2.98. The van der Waals surface area contributed by atoms with Crippen LogP contribution in [0.15, 0.2) is 29.2 Å². The van der Waals surface area contributed by atoms with Crippen molar-refractivity contribution in [3.63, 3.8) is 0 Å². The number of rotatable bonds is 4. The molecule has 0 spiro atoms. The average Bonchev–Trinajstić information content (AvgIpc) is 2.50. The van der Waals surface area contributed by atoms with Gasteiger partial charge < -0.3 is 5.32 Å². The fraction of sp³-hybridized carbons (Fsp3) is 0.500. The van der Waals surface area contributed by atoms with Gasteiger partial charge in [0.25, 0.3) is 5.91 Å². The van der Waals surface area contributed by atoms with Crippen molar-refractivity contribution in [3.05, 3.63) is 24.3 Å². The highest BCUT2D eigenvalue weighted by molar-refractivity contribution is 7.98. The number of nitrogens with zero attached hydrogens (tertiary/aromatic N) is 1. The van der Waals surface area contributed by atoms with E-state index in [1.54, 1.807) is 23.6 Å². The van der Waals surface area contributed by atoms with Crippen molar-refractivity contribution >= 4 is 29.3 Å². The van der Waals surface area contributed by atoms with E-state index < -0.39 is 12.1 Å². The second-order valence-electron chi connectivity index (χ2n) is 5.46. The molecule has 0 radical (unpaired) electrons. The largest absolute Gasteiger partial charge is 0.342 e. The summed E-state index contributed by atoms with van der Waals surface area (Å²) in [6.07, 6.45) is 2.85. The first-order chi connectivity index (χ1) is 9.99. The Morgan fingerprint density at radius 1 is 1.38 bits per heavy atom. The van der Waals surface area contributed by atoms with Crippen LogP contribution in [0.3, 0.4) is 0 Å². The maximum Gasteiger partial charge on any atom is 0.250 e. The predicted molar refractivity (Wildman–Crippen MR) is 86.6 cm³/mol. The lowest BCUT2D eigenvalue weighted by Crippen LogP contribution is -2.64. The molecule has 1 aromatic carbocycles. The molecule has 3 atom stereocenters. The van der Waals surface area contributed by atoms with Crippen molar-refractivity contribution in [1.82, 2.24) is 5.32 Å². The molecule has 1 fully saturated rings. The van der Waals surface area contributed by atoms with E-state index in [2.05, 4.69) is 5.32 Å². The summed E-state index contributed by atoms with van der Waals surface area (Å²) < 4.78 is 0. The van der Waals surface area contributed by atoms with Crippen molar-refractivity contribution in [1.29, 1.82) is 0 Å². The molecule has 3 unspecified atom stereocenters. The van der Waals surface area contributed by atoms with E-state index in [0.717, 1.165) is 17.0 Å². The van der Waals surface area contributed by atoms with E-state index in [9.17, 15) is 9.59 Å². The first-order valence-electron chi connectivity index (χ1n) is 7.27. The number of nitrogens with one attached hydrogen (secondary N) is 1. The minimum atomic E-state index is -0.477. The molecule has 2 rings (SSSR count). The molecule has 1 aliphatic heterocycles. The number of piperazine rings is 1. The standard InChI is InChI=1S/C16H22N2O2S/c1-5-10(2)14-16(20)18(11(3)15(19)17-14)12-7-6-8-13(9-12)21-4/h6-11,14H,5H2,1-4H3,(H,17,19). The van der Waals surface area contributed by atoms with Gasteiger partial charge in [0.1, 0.15) is 12.1 Å². The number of anilines is 1. The van der Waals surface area contributed by atoms with Crippen molar-refractivity contribution in [2.75, 3.05) is 11.2 Å². The summed E-state index contributed by atoms with van der Waals surface area (Å²) in [4.78, 5) is 27.7. The lowest BCUT2D eigenvalue weighted by atomic mass is 9.94. The van der Waals surface area contributed by atoms with E-state index in [0.29, 0.717) is 0 Å². The van der Waals surface area contributed by atoms with Crippen molar-refractivity contribution in [3.8, 4) is 0 Å². The molecule has 5 heteroatoms. The summed E-state index contributed by atoms with van der Waals surface area (Å²) in [7, 11) is 0. The van der Waals surface area contributed by atoms with Gasteiger partial charge in [-0.05, 0) is 37.3 Å². The molecule has 21 heavy (non-hydrogen) atoms. The Balaban J connectivity index is 2.38. The number of carbonyl (C=O) groups is 2. The zero-order valence-electron chi connectivity index (χ0n) is 12.9. The molecule has 1 aromatic rings. The summed E-state index contributed by atoms with van der Waals surface area (Å²) in [5.41, 5.74) is 0.794. The molecule has 2 amide bonds. The summed E-state index contributed by atoms with van der Waals surface area (Å²) in [6, 6.07) is 6.86. The van der Waals surface area contributed by atoms with E-state index in [1.807, 2.05) is 44.4 Å². The molecule has 0 aliphatic carbocycles. The van der Waals surface area contributed by atoms with Gasteiger partial charge >= 0.3 is 0 Å². The molecule has 0 aromatic heterocycles. The van der Waals surface area contributed by atoms with Crippen LogP contribution in [-0.4, -0.2) is 30.2 Å². The van der Waals surface area contributed by atoms with E-state index in [-0.39, 0.29) is 17.7 Å². The van der Waals surface area contributed by atoms with Crippen LogP contribution in [0.5, 0.6) is 0 Å². The van der Waals surface area contributed by atoms with E-state index >= 15 is 0 Å². The molecule has 0 saturated carbocycles. The first-order valence-corrected chi connectivity index (χ1v) is 8.49. The molecule has 114 valence electrons. The normalized spacial score (nSPS) is 23.9. The molecule has 0 bridgehead atoms. The monoisotopic (exact) mass is 306 g/mol. The van der Waals surface area contributed by atoms with Crippen LogP contribution in [0.25, 0.3) is 0 Å². The van der Waals surface area contributed by atoms with E-state index in [1.165, 1.54) is 0 Å². The van der Waals surface area contributed by atoms with Crippen LogP contribution in [0.2, 0.25) is 0 Å². The minimum Gasteiger partial charge on any atom is -0.342 e. The fourth-order valence-electron chi connectivity index (χ4n) is 2.53. The Bertz CT molecular complexity index is 547. The van der Waals surface area contributed by atoms with Gasteiger partial charge in [-0.25, -0.2) is 0 Å². The van der Waals surface area contributed by atoms with Crippen LogP contribution in [0.4, 0.5) is 5.69 Å². The molecule has 1 aliphatic rings.